The third kappa shape index (κ3) is 3.27. The van der Waals surface area contributed by atoms with Gasteiger partial charge in [0.2, 0.25) is 5.91 Å². The molecule has 2 aliphatic rings. The second-order valence-electron chi connectivity index (χ2n) is 7.61. The molecule has 4 rings (SSSR count). The van der Waals surface area contributed by atoms with E-state index >= 15 is 0 Å². The molecule has 6 heteroatoms. The average molecular weight is 365 g/mol. The number of carbonyl (C=O) groups is 2. The second-order valence-corrected chi connectivity index (χ2v) is 7.61. The van der Waals surface area contributed by atoms with Crippen molar-refractivity contribution in [3.63, 3.8) is 0 Å². The lowest BCUT2D eigenvalue weighted by Gasteiger charge is -2.24. The molecule has 1 heterocycles. The summed E-state index contributed by atoms with van der Waals surface area (Å²) in [6.07, 6.45) is 4.70. The molecule has 1 aromatic carbocycles. The van der Waals surface area contributed by atoms with Gasteiger partial charge < -0.3 is 10.4 Å². The van der Waals surface area contributed by atoms with Crippen LogP contribution in [-0.4, -0.2) is 26.8 Å². The molecule has 27 heavy (non-hydrogen) atoms. The van der Waals surface area contributed by atoms with Gasteiger partial charge in [-0.05, 0) is 55.9 Å². The van der Waals surface area contributed by atoms with Crippen molar-refractivity contribution >= 4 is 17.6 Å². The maximum absolute atomic E-state index is 12.8. The molecule has 0 saturated heterocycles. The highest BCUT2D eigenvalue weighted by molar-refractivity contribution is 5.96. The van der Waals surface area contributed by atoms with Gasteiger partial charge in [0, 0.05) is 11.4 Å². The topological polar surface area (TPSA) is 84.2 Å². The smallest absolute Gasteiger partial charge is 0.307 e. The van der Waals surface area contributed by atoms with Crippen LogP contribution in [0.15, 0.2) is 42.5 Å². The van der Waals surface area contributed by atoms with Crippen molar-refractivity contribution in [1.82, 2.24) is 9.78 Å². The predicted molar refractivity (Wildman–Crippen MR) is 101 cm³/mol. The van der Waals surface area contributed by atoms with E-state index in [4.69, 9.17) is 0 Å². The first-order valence-electron chi connectivity index (χ1n) is 9.24. The maximum Gasteiger partial charge on any atom is 0.307 e. The SMILES string of the molecule is Cc1cc(C)n(Cc2cccc(NC(=O)[C@@H]3[C@@H](C(=O)O)[C@H]4C=C[C@H]3C4)c2)n1. The third-order valence-electron chi connectivity index (χ3n) is 5.68. The van der Waals surface area contributed by atoms with Crippen LogP contribution in [0.1, 0.15) is 23.4 Å². The monoisotopic (exact) mass is 365 g/mol. The highest BCUT2D eigenvalue weighted by Crippen LogP contribution is 2.48. The number of nitrogens with one attached hydrogen (secondary N) is 1. The lowest BCUT2D eigenvalue weighted by atomic mass is 9.82. The Kier molecular flexibility index (Phi) is 4.34. The molecule has 0 radical (unpaired) electrons. The number of benzene rings is 1. The Balaban J connectivity index is 1.50. The highest BCUT2D eigenvalue weighted by Gasteiger charge is 2.51. The van der Waals surface area contributed by atoms with Crippen LogP contribution in [0.4, 0.5) is 5.69 Å². The number of carbonyl (C=O) groups excluding carboxylic acids is 1. The van der Waals surface area contributed by atoms with Gasteiger partial charge in [-0.15, -0.1) is 0 Å². The highest BCUT2D eigenvalue weighted by atomic mass is 16.4. The number of aromatic nitrogens is 2. The first kappa shape index (κ1) is 17.5. The summed E-state index contributed by atoms with van der Waals surface area (Å²) in [5.74, 6) is -2.22. The van der Waals surface area contributed by atoms with Crippen LogP contribution in [0.3, 0.4) is 0 Å². The van der Waals surface area contributed by atoms with Gasteiger partial charge in [-0.3, -0.25) is 14.3 Å². The minimum absolute atomic E-state index is 0.0222. The van der Waals surface area contributed by atoms with Crippen LogP contribution < -0.4 is 5.32 Å². The van der Waals surface area contributed by atoms with Crippen molar-refractivity contribution in [1.29, 1.82) is 0 Å². The normalized spacial score (nSPS) is 25.7. The fourth-order valence-electron chi connectivity index (χ4n) is 4.50. The van der Waals surface area contributed by atoms with Gasteiger partial charge in [0.1, 0.15) is 0 Å². The predicted octanol–water partition coefficient (Wildman–Crippen LogP) is 3.01. The molecule has 1 fully saturated rings. The molecule has 2 aliphatic carbocycles. The average Bonchev–Trinajstić information content (AvgIpc) is 3.30. The number of anilines is 1. The van der Waals surface area contributed by atoms with E-state index in [-0.39, 0.29) is 17.7 Å². The summed E-state index contributed by atoms with van der Waals surface area (Å²) in [7, 11) is 0. The van der Waals surface area contributed by atoms with Crippen LogP contribution in [0.2, 0.25) is 0 Å². The van der Waals surface area contributed by atoms with Crippen molar-refractivity contribution < 1.29 is 14.7 Å². The van der Waals surface area contributed by atoms with Crippen molar-refractivity contribution in [3.05, 3.63) is 59.4 Å². The summed E-state index contributed by atoms with van der Waals surface area (Å²) in [6, 6.07) is 9.67. The molecule has 1 aromatic heterocycles. The van der Waals surface area contributed by atoms with Gasteiger partial charge >= 0.3 is 5.97 Å². The Bertz CT molecular complexity index is 931. The molecule has 140 valence electrons. The van der Waals surface area contributed by atoms with Crippen molar-refractivity contribution in [3.8, 4) is 0 Å². The maximum atomic E-state index is 12.8. The number of carboxylic acids is 1. The minimum atomic E-state index is -0.884. The number of aliphatic carboxylic acids is 1. The van der Waals surface area contributed by atoms with E-state index in [1.807, 2.05) is 61.0 Å². The summed E-state index contributed by atoms with van der Waals surface area (Å²) in [6.45, 7) is 4.60. The molecular formula is C21H23N3O3. The molecule has 1 amide bonds. The molecule has 6 nitrogen and oxygen atoms in total. The van der Waals surface area contributed by atoms with Gasteiger partial charge in [-0.1, -0.05) is 24.3 Å². The minimum Gasteiger partial charge on any atom is -0.481 e. The van der Waals surface area contributed by atoms with Crippen molar-refractivity contribution in [2.75, 3.05) is 5.32 Å². The molecule has 2 N–H and O–H groups in total. The van der Waals surface area contributed by atoms with Crippen LogP contribution in [0.5, 0.6) is 0 Å². The standard InChI is InChI=1S/C21H23N3O3/c1-12-8-13(2)24(23-12)11-14-4-3-5-17(9-14)22-20(25)18-15-6-7-16(10-15)19(18)21(26)27/h3-9,15-16,18-19H,10-11H2,1-2H3,(H,22,25)(H,26,27)/t15-,16-,18-,19-/m0/s1. The van der Waals surface area contributed by atoms with Crippen LogP contribution in [0, 0.1) is 37.5 Å². The Morgan fingerprint density at radius 1 is 1.19 bits per heavy atom. The number of aryl methyl sites for hydroxylation is 2. The molecule has 2 aromatic rings. The summed E-state index contributed by atoms with van der Waals surface area (Å²) in [5.41, 5.74) is 3.78. The number of allylic oxidation sites excluding steroid dienone is 2. The number of amides is 1. The summed E-state index contributed by atoms with van der Waals surface area (Å²) in [4.78, 5) is 24.4. The van der Waals surface area contributed by atoms with E-state index in [0.717, 1.165) is 23.4 Å². The summed E-state index contributed by atoms with van der Waals surface area (Å²) >= 11 is 0. The van der Waals surface area contributed by atoms with E-state index in [0.29, 0.717) is 12.2 Å². The van der Waals surface area contributed by atoms with E-state index in [1.165, 1.54) is 0 Å². The van der Waals surface area contributed by atoms with Crippen LogP contribution in [0.25, 0.3) is 0 Å². The Labute approximate surface area is 157 Å². The number of rotatable bonds is 5. The Morgan fingerprint density at radius 2 is 1.93 bits per heavy atom. The second kappa shape index (κ2) is 6.68. The lowest BCUT2D eigenvalue weighted by molar-refractivity contribution is -0.146. The number of fused-ring (bicyclic) bond motifs is 2. The first-order chi connectivity index (χ1) is 12.9. The van der Waals surface area contributed by atoms with E-state index < -0.39 is 17.8 Å². The van der Waals surface area contributed by atoms with Crippen molar-refractivity contribution in [2.45, 2.75) is 26.8 Å². The number of hydrogen-bond acceptors (Lipinski definition) is 3. The Hall–Kier alpha value is -2.89. The number of carboxylic acid groups (broad SMARTS) is 1. The van der Waals surface area contributed by atoms with Gasteiger partial charge in [-0.25, -0.2) is 0 Å². The summed E-state index contributed by atoms with van der Waals surface area (Å²) < 4.78 is 1.93. The third-order valence-corrected chi connectivity index (χ3v) is 5.68. The molecule has 0 unspecified atom stereocenters. The van der Waals surface area contributed by atoms with Gasteiger partial charge in [-0.2, -0.15) is 5.10 Å². The van der Waals surface area contributed by atoms with Crippen molar-refractivity contribution in [2.24, 2.45) is 23.7 Å². The van der Waals surface area contributed by atoms with Gasteiger partial charge in [0.25, 0.3) is 0 Å². The Morgan fingerprint density at radius 3 is 2.59 bits per heavy atom. The molecule has 2 bridgehead atoms. The molecule has 0 spiro atoms. The van der Waals surface area contributed by atoms with Crippen LogP contribution >= 0.6 is 0 Å². The van der Waals surface area contributed by atoms with E-state index in [1.54, 1.807) is 0 Å². The van der Waals surface area contributed by atoms with Crippen LogP contribution in [-0.2, 0) is 16.1 Å². The van der Waals surface area contributed by atoms with Gasteiger partial charge in [0.05, 0.1) is 24.1 Å². The first-order valence-corrected chi connectivity index (χ1v) is 9.24. The fraction of sp³-hybridized carbons (Fsp3) is 0.381. The molecule has 4 atom stereocenters. The number of nitrogens with zero attached hydrogens (tertiary/aromatic N) is 2. The zero-order valence-corrected chi connectivity index (χ0v) is 15.4. The van der Waals surface area contributed by atoms with E-state index in [9.17, 15) is 14.7 Å². The number of hydrogen-bond donors (Lipinski definition) is 2. The zero-order valence-electron chi connectivity index (χ0n) is 15.4. The molecular weight excluding hydrogens is 342 g/mol. The van der Waals surface area contributed by atoms with E-state index in [2.05, 4.69) is 10.4 Å². The molecule has 0 aliphatic heterocycles. The quantitative estimate of drug-likeness (QED) is 0.798. The lowest BCUT2D eigenvalue weighted by Crippen LogP contribution is -2.36. The van der Waals surface area contributed by atoms with Gasteiger partial charge in [0.15, 0.2) is 0 Å². The zero-order chi connectivity index (χ0) is 19.1. The fourth-order valence-corrected chi connectivity index (χ4v) is 4.50. The molecule has 1 saturated carbocycles. The largest absolute Gasteiger partial charge is 0.481 e. The summed E-state index contributed by atoms with van der Waals surface area (Å²) in [5, 5.41) is 16.9.